The summed E-state index contributed by atoms with van der Waals surface area (Å²) in [6.07, 6.45) is 1.43. The standard InChI is InChI=1S/C20H14Cl2N4O3S2/c21-15-8-13(18(22)31-15)14-11-30-19(23-14)24-16(27)10-26-17(28)6-7-25(20(26)29)9-12-4-2-1-3-5-12/h1-8,11H,9-10H2,(H,23,24,27). The van der Waals surface area contributed by atoms with E-state index in [1.165, 1.54) is 39.5 Å². The lowest BCUT2D eigenvalue weighted by molar-refractivity contribution is -0.116. The average molecular weight is 493 g/mol. The van der Waals surface area contributed by atoms with Crippen molar-refractivity contribution in [2.24, 2.45) is 0 Å². The Labute approximate surface area is 194 Å². The molecular formula is C20H14Cl2N4O3S2. The van der Waals surface area contributed by atoms with Gasteiger partial charge >= 0.3 is 5.69 Å². The van der Waals surface area contributed by atoms with E-state index in [0.717, 1.165) is 10.1 Å². The molecule has 1 aromatic carbocycles. The number of benzene rings is 1. The highest BCUT2D eigenvalue weighted by molar-refractivity contribution is 7.20. The fraction of sp³-hybridized carbons (Fsp3) is 0.100. The maximum atomic E-state index is 12.7. The van der Waals surface area contributed by atoms with Crippen LogP contribution >= 0.6 is 45.9 Å². The topological polar surface area (TPSA) is 86.0 Å². The second-order valence-electron chi connectivity index (χ2n) is 6.46. The Morgan fingerprint density at radius 1 is 1.13 bits per heavy atom. The molecular weight excluding hydrogens is 479 g/mol. The largest absolute Gasteiger partial charge is 0.331 e. The van der Waals surface area contributed by atoms with Crippen molar-refractivity contribution in [1.82, 2.24) is 14.1 Å². The molecule has 0 radical (unpaired) electrons. The van der Waals surface area contributed by atoms with Gasteiger partial charge in [0.15, 0.2) is 5.13 Å². The maximum Gasteiger partial charge on any atom is 0.331 e. The first-order valence-corrected chi connectivity index (χ1v) is 11.4. The van der Waals surface area contributed by atoms with Gasteiger partial charge in [0.2, 0.25) is 5.91 Å². The minimum Gasteiger partial charge on any atom is -0.300 e. The molecule has 0 aliphatic heterocycles. The summed E-state index contributed by atoms with van der Waals surface area (Å²) in [6, 6.07) is 12.3. The zero-order valence-corrected chi connectivity index (χ0v) is 18.9. The monoisotopic (exact) mass is 492 g/mol. The van der Waals surface area contributed by atoms with Crippen molar-refractivity contribution < 1.29 is 4.79 Å². The predicted octanol–water partition coefficient (Wildman–Crippen LogP) is 4.19. The number of hydrogen-bond acceptors (Lipinski definition) is 6. The SMILES string of the molecule is O=C(Cn1c(=O)ccn(Cc2ccccc2)c1=O)Nc1nc(-c2cc(Cl)sc2Cl)cs1. The van der Waals surface area contributed by atoms with Gasteiger partial charge in [-0.2, -0.15) is 0 Å². The highest BCUT2D eigenvalue weighted by Crippen LogP contribution is 2.38. The summed E-state index contributed by atoms with van der Waals surface area (Å²) in [5, 5.41) is 4.68. The molecule has 1 amide bonds. The molecule has 11 heteroatoms. The van der Waals surface area contributed by atoms with Crippen molar-refractivity contribution in [1.29, 1.82) is 0 Å². The third kappa shape index (κ3) is 4.96. The molecule has 1 N–H and O–H groups in total. The summed E-state index contributed by atoms with van der Waals surface area (Å²) in [5.41, 5.74) is 1.05. The molecule has 0 aliphatic rings. The molecule has 3 heterocycles. The van der Waals surface area contributed by atoms with Crippen LogP contribution in [-0.4, -0.2) is 20.0 Å². The minimum atomic E-state index is -0.564. The lowest BCUT2D eigenvalue weighted by Crippen LogP contribution is -2.41. The van der Waals surface area contributed by atoms with E-state index in [1.54, 1.807) is 11.4 Å². The van der Waals surface area contributed by atoms with Gasteiger partial charge in [-0.1, -0.05) is 53.5 Å². The number of carbonyl (C=O) groups is 1. The minimum absolute atomic E-state index is 0.293. The molecule has 7 nitrogen and oxygen atoms in total. The number of thiophene rings is 1. The lowest BCUT2D eigenvalue weighted by Gasteiger charge is -2.09. The number of aromatic nitrogens is 3. The number of anilines is 1. The molecule has 0 saturated carbocycles. The lowest BCUT2D eigenvalue weighted by atomic mass is 10.2. The summed E-state index contributed by atoms with van der Waals surface area (Å²) in [7, 11) is 0. The number of hydrogen-bond donors (Lipinski definition) is 1. The van der Waals surface area contributed by atoms with E-state index in [-0.39, 0.29) is 0 Å². The molecule has 0 aliphatic carbocycles. The van der Waals surface area contributed by atoms with Crippen LogP contribution in [0.2, 0.25) is 8.67 Å². The molecule has 0 fully saturated rings. The van der Waals surface area contributed by atoms with Gasteiger partial charge in [-0.05, 0) is 11.6 Å². The van der Waals surface area contributed by atoms with E-state index < -0.39 is 23.7 Å². The number of nitrogens with zero attached hydrogens (tertiary/aromatic N) is 3. The van der Waals surface area contributed by atoms with Crippen molar-refractivity contribution in [2.45, 2.75) is 13.1 Å². The van der Waals surface area contributed by atoms with E-state index in [0.29, 0.717) is 31.6 Å². The van der Waals surface area contributed by atoms with Crippen LogP contribution in [0.3, 0.4) is 0 Å². The van der Waals surface area contributed by atoms with Crippen molar-refractivity contribution >= 4 is 56.9 Å². The summed E-state index contributed by atoms with van der Waals surface area (Å²) in [5.74, 6) is -0.535. The van der Waals surface area contributed by atoms with Gasteiger partial charge in [-0.25, -0.2) is 9.78 Å². The van der Waals surface area contributed by atoms with Crippen LogP contribution in [0.25, 0.3) is 11.3 Å². The first kappa shape index (κ1) is 21.5. The Kier molecular flexibility index (Phi) is 6.38. The normalized spacial score (nSPS) is 10.9. The molecule has 0 unspecified atom stereocenters. The van der Waals surface area contributed by atoms with Gasteiger partial charge in [0.1, 0.15) is 10.9 Å². The Morgan fingerprint density at radius 2 is 1.90 bits per heavy atom. The first-order valence-electron chi connectivity index (χ1n) is 8.95. The van der Waals surface area contributed by atoms with Crippen molar-refractivity contribution in [3.63, 3.8) is 0 Å². The third-order valence-corrected chi connectivity index (χ3v) is 6.57. The molecule has 0 bridgehead atoms. The maximum absolute atomic E-state index is 12.7. The molecule has 0 saturated heterocycles. The molecule has 0 spiro atoms. The van der Waals surface area contributed by atoms with E-state index >= 15 is 0 Å². The molecule has 0 atom stereocenters. The Hall–Kier alpha value is -2.72. The van der Waals surface area contributed by atoms with Crippen LogP contribution in [0.15, 0.2) is 63.6 Å². The molecule has 3 aromatic heterocycles. The van der Waals surface area contributed by atoms with Crippen molar-refractivity contribution in [2.75, 3.05) is 5.32 Å². The van der Waals surface area contributed by atoms with E-state index in [9.17, 15) is 14.4 Å². The quantitative estimate of drug-likeness (QED) is 0.437. The number of carbonyl (C=O) groups excluding carboxylic acids is 1. The van der Waals surface area contributed by atoms with Crippen LogP contribution in [0.4, 0.5) is 5.13 Å². The molecule has 158 valence electrons. The number of amides is 1. The third-order valence-electron chi connectivity index (χ3n) is 4.32. The summed E-state index contributed by atoms with van der Waals surface area (Å²) in [4.78, 5) is 41.7. The van der Waals surface area contributed by atoms with Crippen LogP contribution in [0, 0.1) is 0 Å². The highest BCUT2D eigenvalue weighted by Gasteiger charge is 2.15. The number of halogens is 2. The van der Waals surface area contributed by atoms with Crippen LogP contribution in [-0.2, 0) is 17.9 Å². The molecule has 31 heavy (non-hydrogen) atoms. The second kappa shape index (κ2) is 9.19. The van der Waals surface area contributed by atoms with Crippen LogP contribution < -0.4 is 16.6 Å². The average Bonchev–Trinajstić information content (AvgIpc) is 3.33. The van der Waals surface area contributed by atoms with Crippen molar-refractivity contribution in [3.05, 3.63) is 89.1 Å². The number of nitrogens with one attached hydrogen (secondary N) is 1. The fourth-order valence-electron chi connectivity index (χ4n) is 2.87. The van der Waals surface area contributed by atoms with Crippen LogP contribution in [0.5, 0.6) is 0 Å². The van der Waals surface area contributed by atoms with Crippen molar-refractivity contribution in [3.8, 4) is 11.3 Å². The van der Waals surface area contributed by atoms with Gasteiger partial charge in [0.05, 0.1) is 16.6 Å². The highest BCUT2D eigenvalue weighted by atomic mass is 35.5. The summed E-state index contributed by atoms with van der Waals surface area (Å²) in [6.45, 7) is -0.130. The summed E-state index contributed by atoms with van der Waals surface area (Å²) < 4.78 is 3.31. The van der Waals surface area contributed by atoms with Gasteiger partial charge in [0.25, 0.3) is 5.56 Å². The van der Waals surface area contributed by atoms with Gasteiger partial charge < -0.3 is 5.32 Å². The van der Waals surface area contributed by atoms with Gasteiger partial charge in [-0.15, -0.1) is 22.7 Å². The second-order valence-corrected chi connectivity index (χ2v) is 9.60. The molecule has 4 rings (SSSR count). The Bertz CT molecular complexity index is 1360. The van der Waals surface area contributed by atoms with Gasteiger partial charge in [-0.3, -0.25) is 18.7 Å². The Morgan fingerprint density at radius 3 is 2.61 bits per heavy atom. The van der Waals surface area contributed by atoms with E-state index in [1.807, 2.05) is 30.3 Å². The molecule has 4 aromatic rings. The van der Waals surface area contributed by atoms with E-state index in [4.69, 9.17) is 23.2 Å². The number of rotatable bonds is 6. The van der Waals surface area contributed by atoms with Gasteiger partial charge in [0, 0.05) is 23.2 Å². The van der Waals surface area contributed by atoms with E-state index in [2.05, 4.69) is 10.3 Å². The first-order chi connectivity index (χ1) is 14.9. The summed E-state index contributed by atoms with van der Waals surface area (Å²) >= 11 is 14.5. The number of thiazole rings is 1. The zero-order chi connectivity index (χ0) is 22.0. The predicted molar refractivity (Wildman–Crippen MR) is 125 cm³/mol. The van der Waals surface area contributed by atoms with Crippen LogP contribution in [0.1, 0.15) is 5.56 Å². The zero-order valence-electron chi connectivity index (χ0n) is 15.7. The smallest absolute Gasteiger partial charge is 0.300 e. The Balaban J connectivity index is 1.50. The fourth-order valence-corrected chi connectivity index (χ4v) is 5.08.